The monoisotopic (exact) mass is 217 g/mol. The van der Waals surface area contributed by atoms with E-state index in [1.807, 2.05) is 24.3 Å². The molecule has 0 spiro atoms. The van der Waals surface area contributed by atoms with Gasteiger partial charge in [0.1, 0.15) is 5.75 Å². The molecule has 0 fully saturated rings. The zero-order valence-corrected chi connectivity index (χ0v) is 8.47. The SMILES string of the molecule is Nc1n[nH]c(C2CNc3ccccc3O2)n1. The summed E-state index contributed by atoms with van der Waals surface area (Å²) in [5, 5.41) is 9.80. The molecule has 1 aliphatic heterocycles. The highest BCUT2D eigenvalue weighted by Crippen LogP contribution is 2.32. The minimum Gasteiger partial charge on any atom is -0.478 e. The summed E-state index contributed by atoms with van der Waals surface area (Å²) >= 11 is 0. The number of hydrogen-bond donors (Lipinski definition) is 3. The second kappa shape index (κ2) is 3.41. The van der Waals surface area contributed by atoms with Gasteiger partial charge in [0, 0.05) is 0 Å². The molecule has 3 rings (SSSR count). The third-order valence-corrected chi connectivity index (χ3v) is 2.46. The third kappa shape index (κ3) is 1.44. The first-order valence-electron chi connectivity index (χ1n) is 5.00. The molecule has 1 aliphatic rings. The Morgan fingerprint density at radius 3 is 3.06 bits per heavy atom. The van der Waals surface area contributed by atoms with Gasteiger partial charge in [0.25, 0.3) is 0 Å². The number of aromatic nitrogens is 3. The Kier molecular flexibility index (Phi) is 1.92. The Balaban J connectivity index is 1.88. The number of aromatic amines is 1. The molecule has 1 unspecified atom stereocenters. The summed E-state index contributed by atoms with van der Waals surface area (Å²) in [6, 6.07) is 7.77. The van der Waals surface area contributed by atoms with Crippen LogP contribution in [0.2, 0.25) is 0 Å². The van der Waals surface area contributed by atoms with Crippen molar-refractivity contribution in [2.45, 2.75) is 6.10 Å². The Hall–Kier alpha value is -2.24. The Labute approximate surface area is 91.8 Å². The number of ether oxygens (including phenoxy) is 1. The average molecular weight is 217 g/mol. The van der Waals surface area contributed by atoms with E-state index in [1.165, 1.54) is 0 Å². The lowest BCUT2D eigenvalue weighted by Crippen LogP contribution is -2.24. The maximum absolute atomic E-state index is 5.78. The molecule has 0 amide bonds. The van der Waals surface area contributed by atoms with Crippen LogP contribution in [-0.2, 0) is 0 Å². The van der Waals surface area contributed by atoms with Gasteiger partial charge in [0.2, 0.25) is 5.95 Å². The molecule has 1 aromatic carbocycles. The summed E-state index contributed by atoms with van der Waals surface area (Å²) in [6.07, 6.45) is -0.181. The number of hydrogen-bond acceptors (Lipinski definition) is 5. The van der Waals surface area contributed by atoms with Gasteiger partial charge in [-0.05, 0) is 12.1 Å². The van der Waals surface area contributed by atoms with Gasteiger partial charge in [-0.15, -0.1) is 5.10 Å². The van der Waals surface area contributed by atoms with Crippen LogP contribution in [0.3, 0.4) is 0 Å². The lowest BCUT2D eigenvalue weighted by Gasteiger charge is -2.25. The summed E-state index contributed by atoms with van der Waals surface area (Å²) in [5.41, 5.74) is 6.44. The molecule has 0 saturated carbocycles. The first kappa shape index (κ1) is 9.02. The third-order valence-electron chi connectivity index (χ3n) is 2.46. The van der Waals surface area contributed by atoms with E-state index in [9.17, 15) is 0 Å². The zero-order valence-electron chi connectivity index (χ0n) is 8.47. The number of H-pyrrole nitrogens is 1. The summed E-state index contributed by atoms with van der Waals surface area (Å²) in [4.78, 5) is 4.05. The van der Waals surface area contributed by atoms with Crippen molar-refractivity contribution >= 4 is 11.6 Å². The number of nitrogens with zero attached hydrogens (tertiary/aromatic N) is 2. The lowest BCUT2D eigenvalue weighted by atomic mass is 10.2. The Morgan fingerprint density at radius 1 is 1.38 bits per heavy atom. The van der Waals surface area contributed by atoms with E-state index in [0.717, 1.165) is 11.4 Å². The largest absolute Gasteiger partial charge is 0.478 e. The molecule has 6 heteroatoms. The Bertz CT molecular complexity index is 509. The van der Waals surface area contributed by atoms with E-state index in [1.54, 1.807) is 0 Å². The maximum atomic E-state index is 5.78. The fourth-order valence-electron chi connectivity index (χ4n) is 1.70. The van der Waals surface area contributed by atoms with Crippen molar-refractivity contribution < 1.29 is 4.74 Å². The van der Waals surface area contributed by atoms with Gasteiger partial charge in [0.15, 0.2) is 11.9 Å². The van der Waals surface area contributed by atoms with Crippen molar-refractivity contribution in [2.75, 3.05) is 17.6 Å². The van der Waals surface area contributed by atoms with E-state index in [4.69, 9.17) is 10.5 Å². The minimum atomic E-state index is -0.181. The molecule has 0 aliphatic carbocycles. The first-order valence-corrected chi connectivity index (χ1v) is 5.00. The van der Waals surface area contributed by atoms with Crippen LogP contribution in [0, 0.1) is 0 Å². The quantitative estimate of drug-likeness (QED) is 0.661. The molecule has 0 bridgehead atoms. The second-order valence-corrected chi connectivity index (χ2v) is 3.56. The van der Waals surface area contributed by atoms with E-state index >= 15 is 0 Å². The highest BCUT2D eigenvalue weighted by molar-refractivity contribution is 5.57. The molecule has 2 heterocycles. The Morgan fingerprint density at radius 2 is 2.25 bits per heavy atom. The molecule has 4 N–H and O–H groups in total. The van der Waals surface area contributed by atoms with Crippen LogP contribution in [0.5, 0.6) is 5.75 Å². The van der Waals surface area contributed by atoms with Gasteiger partial charge < -0.3 is 15.8 Å². The van der Waals surface area contributed by atoms with Crippen LogP contribution >= 0.6 is 0 Å². The number of nitrogens with one attached hydrogen (secondary N) is 2. The molecular formula is C10H11N5O. The maximum Gasteiger partial charge on any atom is 0.239 e. The lowest BCUT2D eigenvalue weighted by molar-refractivity contribution is 0.201. The minimum absolute atomic E-state index is 0.181. The van der Waals surface area contributed by atoms with Crippen molar-refractivity contribution in [2.24, 2.45) is 0 Å². The molecule has 0 saturated heterocycles. The van der Waals surface area contributed by atoms with Crippen molar-refractivity contribution in [3.63, 3.8) is 0 Å². The fourth-order valence-corrected chi connectivity index (χ4v) is 1.70. The molecule has 2 aromatic rings. The van der Waals surface area contributed by atoms with Crippen molar-refractivity contribution in [3.8, 4) is 5.75 Å². The molecular weight excluding hydrogens is 206 g/mol. The van der Waals surface area contributed by atoms with E-state index < -0.39 is 0 Å². The van der Waals surface area contributed by atoms with Crippen LogP contribution in [0.25, 0.3) is 0 Å². The van der Waals surface area contributed by atoms with Crippen molar-refractivity contribution in [1.82, 2.24) is 15.2 Å². The van der Waals surface area contributed by atoms with Crippen LogP contribution in [0.15, 0.2) is 24.3 Å². The molecule has 82 valence electrons. The van der Waals surface area contributed by atoms with Crippen molar-refractivity contribution in [1.29, 1.82) is 0 Å². The molecule has 6 nitrogen and oxygen atoms in total. The van der Waals surface area contributed by atoms with E-state index in [-0.39, 0.29) is 12.1 Å². The molecule has 1 aromatic heterocycles. The summed E-state index contributed by atoms with van der Waals surface area (Å²) < 4.78 is 5.78. The number of nitrogen functional groups attached to an aromatic ring is 1. The predicted octanol–water partition coefficient (Wildman–Crippen LogP) is 0.932. The van der Waals surface area contributed by atoms with Crippen LogP contribution in [-0.4, -0.2) is 21.7 Å². The predicted molar refractivity (Wildman–Crippen MR) is 59.1 cm³/mol. The highest BCUT2D eigenvalue weighted by atomic mass is 16.5. The van der Waals surface area contributed by atoms with Gasteiger partial charge in [-0.1, -0.05) is 12.1 Å². The molecule has 1 atom stereocenters. The normalized spacial score (nSPS) is 18.4. The summed E-state index contributed by atoms with van der Waals surface area (Å²) in [7, 11) is 0. The summed E-state index contributed by atoms with van der Waals surface area (Å²) in [6.45, 7) is 0.644. The summed E-state index contributed by atoms with van der Waals surface area (Å²) in [5.74, 6) is 1.69. The highest BCUT2D eigenvalue weighted by Gasteiger charge is 2.23. The second-order valence-electron chi connectivity index (χ2n) is 3.56. The van der Waals surface area contributed by atoms with Crippen LogP contribution in [0.4, 0.5) is 11.6 Å². The van der Waals surface area contributed by atoms with Gasteiger partial charge >= 0.3 is 0 Å². The first-order chi connectivity index (χ1) is 7.83. The number of rotatable bonds is 1. The van der Waals surface area contributed by atoms with Gasteiger partial charge in [-0.3, -0.25) is 5.10 Å². The van der Waals surface area contributed by atoms with Crippen molar-refractivity contribution in [3.05, 3.63) is 30.1 Å². The van der Waals surface area contributed by atoms with E-state index in [0.29, 0.717) is 12.4 Å². The topological polar surface area (TPSA) is 88.8 Å². The number of fused-ring (bicyclic) bond motifs is 1. The van der Waals surface area contributed by atoms with E-state index in [2.05, 4.69) is 20.5 Å². The zero-order chi connectivity index (χ0) is 11.0. The fraction of sp³-hybridized carbons (Fsp3) is 0.200. The van der Waals surface area contributed by atoms with Gasteiger partial charge in [0.05, 0.1) is 12.2 Å². The molecule has 16 heavy (non-hydrogen) atoms. The number of anilines is 2. The number of benzene rings is 1. The number of para-hydroxylation sites is 2. The van der Waals surface area contributed by atoms with Crippen LogP contribution in [0.1, 0.15) is 11.9 Å². The standard InChI is InChI=1S/C10H11N5O/c11-10-13-9(14-15-10)8-5-12-6-3-1-2-4-7(6)16-8/h1-4,8,12H,5H2,(H3,11,13,14,15). The average Bonchev–Trinajstić information content (AvgIpc) is 2.75. The van der Waals surface area contributed by atoms with Crippen LogP contribution < -0.4 is 15.8 Å². The molecule has 0 radical (unpaired) electrons. The van der Waals surface area contributed by atoms with Gasteiger partial charge in [-0.25, -0.2) is 0 Å². The van der Waals surface area contributed by atoms with Gasteiger partial charge in [-0.2, -0.15) is 4.98 Å². The smallest absolute Gasteiger partial charge is 0.239 e. The number of nitrogens with two attached hydrogens (primary N) is 1.